The number of rotatable bonds is 6. The summed E-state index contributed by atoms with van der Waals surface area (Å²) in [5, 5.41) is 7.57. The molecule has 0 saturated heterocycles. The third-order valence-electron chi connectivity index (χ3n) is 9.86. The molecule has 0 fully saturated rings. The Morgan fingerprint density at radius 2 is 1.27 bits per heavy atom. The van der Waals surface area contributed by atoms with Crippen molar-refractivity contribution in [3.05, 3.63) is 193 Å². The number of amidine groups is 1. The molecule has 4 aromatic heterocycles. The monoisotopic (exact) mass is 685 g/mol. The summed E-state index contributed by atoms with van der Waals surface area (Å²) in [6, 6.07) is 51.8. The number of pyridine rings is 2. The van der Waals surface area contributed by atoms with Crippen molar-refractivity contribution in [3.63, 3.8) is 0 Å². The smallest absolute Gasteiger partial charge is 0.134 e. The predicted octanol–water partition coefficient (Wildman–Crippen LogP) is 11.3. The Hall–Kier alpha value is -6.63. The van der Waals surface area contributed by atoms with E-state index in [4.69, 9.17) is 4.99 Å². The number of hydrogen-bond donors (Lipinski definition) is 1. The zero-order valence-electron chi connectivity index (χ0n) is 28.0. The lowest BCUT2D eigenvalue weighted by atomic mass is 9.98. The van der Waals surface area contributed by atoms with Crippen molar-refractivity contribution >= 4 is 54.8 Å². The molecule has 5 nitrogen and oxygen atoms in total. The molecule has 1 atom stereocenters. The molecule has 5 heterocycles. The molecule has 1 aliphatic rings. The van der Waals surface area contributed by atoms with E-state index in [0.29, 0.717) is 0 Å². The third-order valence-corrected chi connectivity index (χ3v) is 11.1. The fourth-order valence-electron chi connectivity index (χ4n) is 7.34. The highest BCUT2D eigenvalue weighted by atomic mass is 32.1. The Morgan fingerprint density at radius 3 is 2.08 bits per heavy atom. The largest absolute Gasteiger partial charge is 0.359 e. The molecule has 1 aliphatic heterocycles. The van der Waals surface area contributed by atoms with E-state index in [9.17, 15) is 0 Å². The number of fused-ring (bicyclic) bond motifs is 5. The van der Waals surface area contributed by atoms with Crippen LogP contribution in [0, 0.1) is 0 Å². The lowest BCUT2D eigenvalue weighted by Gasteiger charge is -2.25. The van der Waals surface area contributed by atoms with Crippen LogP contribution in [0.2, 0.25) is 0 Å². The summed E-state index contributed by atoms with van der Waals surface area (Å²) in [6.45, 7) is 0. The van der Waals surface area contributed by atoms with Gasteiger partial charge < -0.3 is 9.88 Å². The maximum Gasteiger partial charge on any atom is 0.134 e. The van der Waals surface area contributed by atoms with Crippen LogP contribution in [0.4, 0.5) is 0 Å². The maximum atomic E-state index is 5.13. The number of benzene rings is 5. The number of aromatic nitrogens is 3. The van der Waals surface area contributed by atoms with E-state index in [1.165, 1.54) is 42.3 Å². The number of aliphatic imine (C=N–C) groups is 1. The van der Waals surface area contributed by atoms with Crippen molar-refractivity contribution in [2.24, 2.45) is 4.99 Å². The summed E-state index contributed by atoms with van der Waals surface area (Å²) in [4.78, 5) is 14.8. The number of hydrogen-bond acceptors (Lipinski definition) is 5. The SMILES string of the molecule is C1=C(c2ccc(-c3ccncc3)cc2)N=C(c2ccncc2)NC1c1cccc(-n2c3ccccc3c3c4sc(-c5ccccc5)cc4ccc32)c1. The van der Waals surface area contributed by atoms with Crippen LogP contribution < -0.4 is 5.32 Å². The second-order valence-corrected chi connectivity index (χ2v) is 14.0. The number of thiophene rings is 1. The Morgan fingerprint density at radius 1 is 0.558 bits per heavy atom. The van der Waals surface area contributed by atoms with Crippen molar-refractivity contribution in [1.82, 2.24) is 19.9 Å². The summed E-state index contributed by atoms with van der Waals surface area (Å²) < 4.78 is 3.73. The van der Waals surface area contributed by atoms with Gasteiger partial charge in [-0.05, 0) is 93.9 Å². The molecule has 5 aromatic carbocycles. The minimum Gasteiger partial charge on any atom is -0.359 e. The molecule has 0 aliphatic carbocycles. The normalized spacial score (nSPS) is 14.3. The van der Waals surface area contributed by atoms with Gasteiger partial charge in [0.15, 0.2) is 0 Å². The fourth-order valence-corrected chi connectivity index (χ4v) is 8.56. The van der Waals surface area contributed by atoms with Gasteiger partial charge in [-0.25, -0.2) is 4.99 Å². The minimum absolute atomic E-state index is 0.110. The molecule has 1 unspecified atom stereocenters. The van der Waals surface area contributed by atoms with Crippen molar-refractivity contribution in [3.8, 4) is 27.3 Å². The van der Waals surface area contributed by atoms with E-state index in [2.05, 4.69) is 147 Å². The van der Waals surface area contributed by atoms with E-state index in [0.717, 1.165) is 45.0 Å². The Kier molecular flexibility index (Phi) is 7.32. The van der Waals surface area contributed by atoms with Gasteiger partial charge in [0.25, 0.3) is 0 Å². The number of nitrogens with one attached hydrogen (secondary N) is 1. The van der Waals surface area contributed by atoms with E-state index < -0.39 is 0 Å². The molecule has 0 spiro atoms. The van der Waals surface area contributed by atoms with Crippen LogP contribution >= 0.6 is 11.3 Å². The van der Waals surface area contributed by atoms with Crippen LogP contribution in [0.5, 0.6) is 0 Å². The average Bonchev–Trinajstić information content (AvgIpc) is 3.82. The zero-order valence-corrected chi connectivity index (χ0v) is 28.8. The van der Waals surface area contributed by atoms with Gasteiger partial charge >= 0.3 is 0 Å². The van der Waals surface area contributed by atoms with Gasteiger partial charge in [0.05, 0.1) is 22.8 Å². The zero-order chi connectivity index (χ0) is 34.4. The standard InChI is InChI=1S/C46H31N5S/c1-2-7-33(8-3-1)43-28-36-17-18-42-44(45(36)52-43)38-11-4-5-12-41(38)51(42)37-10-6-9-35(27-37)40-29-39(49-46(50-40)34-21-25-48-26-22-34)32-15-13-30(14-16-32)31-19-23-47-24-20-31/h1-29,40H,(H,49,50). The molecule has 10 rings (SSSR count). The molecule has 0 radical (unpaired) electrons. The maximum absolute atomic E-state index is 5.13. The molecule has 9 aromatic rings. The fraction of sp³-hybridized carbons (Fsp3) is 0.0217. The molecular weight excluding hydrogens is 655 g/mol. The quantitative estimate of drug-likeness (QED) is 0.190. The molecule has 1 N–H and O–H groups in total. The van der Waals surface area contributed by atoms with E-state index in [1.807, 2.05) is 60.4 Å². The summed E-state index contributed by atoms with van der Waals surface area (Å²) in [7, 11) is 0. The van der Waals surface area contributed by atoms with E-state index in [-0.39, 0.29) is 6.04 Å². The average molecular weight is 686 g/mol. The van der Waals surface area contributed by atoms with E-state index >= 15 is 0 Å². The predicted molar refractivity (Wildman–Crippen MR) is 216 cm³/mol. The van der Waals surface area contributed by atoms with Gasteiger partial charge in [0, 0.05) is 56.4 Å². The molecule has 6 heteroatoms. The van der Waals surface area contributed by atoms with Gasteiger partial charge in [-0.3, -0.25) is 9.97 Å². The molecule has 246 valence electrons. The van der Waals surface area contributed by atoms with Crippen LogP contribution in [0.3, 0.4) is 0 Å². The van der Waals surface area contributed by atoms with Crippen LogP contribution in [0.25, 0.3) is 64.8 Å². The Bertz CT molecular complexity index is 2800. The highest BCUT2D eigenvalue weighted by Crippen LogP contribution is 2.43. The van der Waals surface area contributed by atoms with Gasteiger partial charge in [0.2, 0.25) is 0 Å². The van der Waals surface area contributed by atoms with Crippen LogP contribution in [0.15, 0.2) is 181 Å². The number of nitrogens with zero attached hydrogens (tertiary/aromatic N) is 4. The van der Waals surface area contributed by atoms with Crippen LogP contribution in [-0.4, -0.2) is 20.4 Å². The van der Waals surface area contributed by atoms with Crippen LogP contribution in [0.1, 0.15) is 22.7 Å². The van der Waals surface area contributed by atoms with E-state index in [1.54, 1.807) is 0 Å². The topological polar surface area (TPSA) is 55.1 Å². The van der Waals surface area contributed by atoms with Crippen molar-refractivity contribution in [2.75, 3.05) is 0 Å². The van der Waals surface area contributed by atoms with Crippen molar-refractivity contribution in [2.45, 2.75) is 6.04 Å². The first-order valence-electron chi connectivity index (χ1n) is 17.4. The highest BCUT2D eigenvalue weighted by molar-refractivity contribution is 7.23. The first kappa shape index (κ1) is 30.2. The minimum atomic E-state index is -0.110. The number of para-hydroxylation sites is 1. The Balaban J connectivity index is 1.09. The van der Waals surface area contributed by atoms with Gasteiger partial charge in [-0.15, -0.1) is 11.3 Å². The second-order valence-electron chi connectivity index (χ2n) is 13.0. The lowest BCUT2D eigenvalue weighted by Crippen LogP contribution is -2.31. The lowest BCUT2D eigenvalue weighted by molar-refractivity contribution is 0.779. The summed E-state index contributed by atoms with van der Waals surface area (Å²) in [5.74, 6) is 0.819. The van der Waals surface area contributed by atoms with Gasteiger partial charge in [0.1, 0.15) is 5.84 Å². The third kappa shape index (κ3) is 5.29. The summed E-state index contributed by atoms with van der Waals surface area (Å²) in [5.41, 5.74) is 11.2. The summed E-state index contributed by atoms with van der Waals surface area (Å²) in [6.07, 6.45) is 9.51. The van der Waals surface area contributed by atoms with Crippen molar-refractivity contribution < 1.29 is 0 Å². The summed E-state index contributed by atoms with van der Waals surface area (Å²) >= 11 is 1.87. The first-order chi connectivity index (χ1) is 25.8. The first-order valence-corrected chi connectivity index (χ1v) is 18.2. The molecule has 0 bridgehead atoms. The molecule has 0 amide bonds. The highest BCUT2D eigenvalue weighted by Gasteiger charge is 2.22. The molecular formula is C46H31N5S. The van der Waals surface area contributed by atoms with Crippen LogP contribution in [-0.2, 0) is 0 Å². The van der Waals surface area contributed by atoms with Gasteiger partial charge in [-0.2, -0.15) is 0 Å². The Labute approximate surface area is 304 Å². The molecule has 0 saturated carbocycles. The van der Waals surface area contributed by atoms with Gasteiger partial charge in [-0.1, -0.05) is 91.0 Å². The van der Waals surface area contributed by atoms with Crippen molar-refractivity contribution in [1.29, 1.82) is 0 Å². The molecule has 52 heavy (non-hydrogen) atoms. The second kappa shape index (κ2) is 12.6.